The molecule has 3 aromatic carbocycles. The molecule has 4 amide bonds. The van der Waals surface area contributed by atoms with Crippen LogP contribution in [0, 0.1) is 6.92 Å². The number of barbiturate groups is 1. The summed E-state index contributed by atoms with van der Waals surface area (Å²) in [5.41, 5.74) is 2.82. The molecule has 8 heteroatoms. The predicted octanol–water partition coefficient (Wildman–Crippen LogP) is 5.55. The van der Waals surface area contributed by atoms with E-state index >= 15 is 0 Å². The minimum absolute atomic E-state index is 0.179. The number of rotatable bonds is 5. The van der Waals surface area contributed by atoms with E-state index in [1.165, 1.54) is 24.3 Å². The highest BCUT2D eigenvalue weighted by atomic mass is 35.5. The number of hydrogen-bond donors (Lipinski definition) is 1. The number of halogens is 2. The van der Waals surface area contributed by atoms with Gasteiger partial charge in [-0.1, -0.05) is 65.2 Å². The number of hydrogen-bond acceptors (Lipinski definition) is 4. The second kappa shape index (κ2) is 9.48. The fraction of sp³-hybridized carbons (Fsp3) is 0.0800. The maximum absolute atomic E-state index is 13.0. The highest BCUT2D eigenvalue weighted by molar-refractivity contribution is 6.43. The van der Waals surface area contributed by atoms with Crippen LogP contribution in [-0.2, 0) is 16.2 Å². The molecule has 0 aliphatic carbocycles. The van der Waals surface area contributed by atoms with Crippen LogP contribution >= 0.6 is 23.2 Å². The Morgan fingerprint density at radius 2 is 1.70 bits per heavy atom. The van der Waals surface area contributed by atoms with E-state index in [1.54, 1.807) is 24.3 Å². The van der Waals surface area contributed by atoms with Crippen LogP contribution in [0.2, 0.25) is 10.0 Å². The first-order valence-electron chi connectivity index (χ1n) is 9.97. The number of nitrogens with one attached hydrogen (secondary N) is 1. The Morgan fingerprint density at radius 3 is 2.39 bits per heavy atom. The highest BCUT2D eigenvalue weighted by Crippen LogP contribution is 2.29. The Morgan fingerprint density at radius 1 is 0.939 bits per heavy atom. The second-order valence-corrected chi connectivity index (χ2v) is 8.22. The third-order valence-electron chi connectivity index (χ3n) is 4.94. The van der Waals surface area contributed by atoms with Crippen LogP contribution in [0.5, 0.6) is 5.75 Å². The van der Waals surface area contributed by atoms with Crippen LogP contribution in [0.15, 0.2) is 72.3 Å². The topological polar surface area (TPSA) is 75.7 Å². The number of benzene rings is 3. The van der Waals surface area contributed by atoms with Crippen molar-refractivity contribution in [3.8, 4) is 5.75 Å². The summed E-state index contributed by atoms with van der Waals surface area (Å²) in [6.45, 7) is 2.44. The zero-order valence-electron chi connectivity index (χ0n) is 17.5. The van der Waals surface area contributed by atoms with Crippen molar-refractivity contribution in [3.63, 3.8) is 0 Å². The Labute approximate surface area is 200 Å². The van der Waals surface area contributed by atoms with E-state index in [-0.39, 0.29) is 21.3 Å². The van der Waals surface area contributed by atoms with Crippen molar-refractivity contribution in [1.82, 2.24) is 5.32 Å². The number of urea groups is 1. The number of carbonyl (C=O) groups excluding carboxylic acids is 3. The van der Waals surface area contributed by atoms with Crippen LogP contribution in [0.1, 0.15) is 16.7 Å². The number of imide groups is 2. The summed E-state index contributed by atoms with van der Waals surface area (Å²) in [6.07, 6.45) is 1.42. The van der Waals surface area contributed by atoms with Crippen molar-refractivity contribution in [1.29, 1.82) is 0 Å². The minimum atomic E-state index is -0.861. The molecule has 3 aromatic rings. The van der Waals surface area contributed by atoms with Gasteiger partial charge < -0.3 is 4.74 Å². The van der Waals surface area contributed by atoms with E-state index < -0.39 is 17.8 Å². The first kappa shape index (κ1) is 22.6. The molecule has 0 unspecified atom stereocenters. The third kappa shape index (κ3) is 5.08. The second-order valence-electron chi connectivity index (χ2n) is 7.40. The first-order valence-corrected chi connectivity index (χ1v) is 10.7. The van der Waals surface area contributed by atoms with Gasteiger partial charge in [-0.25, -0.2) is 9.69 Å². The van der Waals surface area contributed by atoms with Crippen molar-refractivity contribution in [2.45, 2.75) is 13.5 Å². The van der Waals surface area contributed by atoms with E-state index in [4.69, 9.17) is 27.9 Å². The molecule has 4 rings (SSSR count). The molecular weight excluding hydrogens is 463 g/mol. The summed E-state index contributed by atoms with van der Waals surface area (Å²) < 4.78 is 5.80. The van der Waals surface area contributed by atoms with Gasteiger partial charge in [-0.2, -0.15) is 0 Å². The fourth-order valence-electron chi connectivity index (χ4n) is 3.31. The lowest BCUT2D eigenvalue weighted by Crippen LogP contribution is -2.54. The SMILES string of the molecule is Cc1cccc(COc2ccc(/C=C3\C(=O)NC(=O)N(c4ccc(Cl)c(Cl)c4)C3=O)cc2)c1. The van der Waals surface area contributed by atoms with E-state index in [2.05, 4.69) is 5.32 Å². The van der Waals surface area contributed by atoms with Gasteiger partial charge in [0.15, 0.2) is 0 Å². The average molecular weight is 481 g/mol. The lowest BCUT2D eigenvalue weighted by molar-refractivity contribution is -0.122. The monoisotopic (exact) mass is 480 g/mol. The number of aryl methyl sites for hydroxylation is 1. The van der Waals surface area contributed by atoms with Gasteiger partial charge in [0, 0.05) is 0 Å². The summed E-state index contributed by atoms with van der Waals surface area (Å²) >= 11 is 11.9. The third-order valence-corrected chi connectivity index (χ3v) is 5.68. The molecule has 1 saturated heterocycles. The van der Waals surface area contributed by atoms with Gasteiger partial charge in [-0.15, -0.1) is 0 Å². The summed E-state index contributed by atoms with van der Waals surface area (Å²) in [4.78, 5) is 38.5. The van der Waals surface area contributed by atoms with Gasteiger partial charge in [-0.3, -0.25) is 14.9 Å². The molecule has 1 aliphatic heterocycles. The van der Waals surface area contributed by atoms with Crippen LogP contribution in [0.25, 0.3) is 6.08 Å². The quantitative estimate of drug-likeness (QED) is 0.383. The van der Waals surface area contributed by atoms with Crippen molar-refractivity contribution < 1.29 is 19.1 Å². The average Bonchev–Trinajstić information content (AvgIpc) is 2.78. The van der Waals surface area contributed by atoms with Gasteiger partial charge in [0.1, 0.15) is 17.9 Å². The molecule has 0 saturated carbocycles. The van der Waals surface area contributed by atoms with E-state index in [0.29, 0.717) is 17.9 Å². The Kier molecular flexibility index (Phi) is 6.49. The van der Waals surface area contributed by atoms with Gasteiger partial charge in [0.05, 0.1) is 15.7 Å². The molecule has 0 aromatic heterocycles. The normalized spacial score (nSPS) is 15.1. The number of nitrogens with zero attached hydrogens (tertiary/aromatic N) is 1. The summed E-state index contributed by atoms with van der Waals surface area (Å²) in [5, 5.41) is 2.63. The van der Waals surface area contributed by atoms with Gasteiger partial charge in [0.2, 0.25) is 0 Å². The zero-order valence-corrected chi connectivity index (χ0v) is 19.0. The van der Waals surface area contributed by atoms with Crippen LogP contribution < -0.4 is 15.0 Å². The van der Waals surface area contributed by atoms with Crippen molar-refractivity contribution in [3.05, 3.63) is 99.0 Å². The number of ether oxygens (including phenoxy) is 1. The molecule has 166 valence electrons. The lowest BCUT2D eigenvalue weighted by Gasteiger charge is -2.26. The van der Waals surface area contributed by atoms with Gasteiger partial charge in [0.25, 0.3) is 11.8 Å². The molecule has 0 spiro atoms. The molecule has 0 radical (unpaired) electrons. The number of amides is 4. The molecule has 1 N–H and O–H groups in total. The Balaban J connectivity index is 1.53. The molecule has 0 atom stereocenters. The van der Waals surface area contributed by atoms with Crippen LogP contribution in [-0.4, -0.2) is 17.8 Å². The molecule has 6 nitrogen and oxygen atoms in total. The molecule has 1 aliphatic rings. The summed E-state index contributed by atoms with van der Waals surface area (Å²) in [5.74, 6) is -0.895. The Hall–Kier alpha value is -3.61. The van der Waals surface area contributed by atoms with Crippen LogP contribution in [0.4, 0.5) is 10.5 Å². The predicted molar refractivity (Wildman–Crippen MR) is 127 cm³/mol. The van der Waals surface area contributed by atoms with Crippen molar-refractivity contribution in [2.75, 3.05) is 4.90 Å². The summed E-state index contributed by atoms with van der Waals surface area (Å²) in [7, 11) is 0. The maximum atomic E-state index is 13.0. The summed E-state index contributed by atoms with van der Waals surface area (Å²) in [6, 6.07) is 18.4. The molecule has 33 heavy (non-hydrogen) atoms. The molecule has 1 fully saturated rings. The first-order chi connectivity index (χ1) is 15.8. The van der Waals surface area contributed by atoms with Crippen LogP contribution in [0.3, 0.4) is 0 Å². The minimum Gasteiger partial charge on any atom is -0.489 e. The fourth-order valence-corrected chi connectivity index (χ4v) is 3.60. The van der Waals surface area contributed by atoms with E-state index in [9.17, 15) is 14.4 Å². The smallest absolute Gasteiger partial charge is 0.335 e. The van der Waals surface area contributed by atoms with Crippen molar-refractivity contribution >= 4 is 52.8 Å². The number of carbonyl (C=O) groups is 3. The van der Waals surface area contributed by atoms with E-state index in [1.807, 2.05) is 31.2 Å². The van der Waals surface area contributed by atoms with E-state index in [0.717, 1.165) is 16.0 Å². The van der Waals surface area contributed by atoms with Gasteiger partial charge >= 0.3 is 6.03 Å². The largest absolute Gasteiger partial charge is 0.489 e. The Bertz CT molecular complexity index is 1290. The highest BCUT2D eigenvalue weighted by Gasteiger charge is 2.37. The van der Waals surface area contributed by atoms with Gasteiger partial charge in [-0.05, 0) is 54.5 Å². The standard InChI is InChI=1S/C25H18Cl2N2O4/c1-15-3-2-4-17(11-15)14-33-19-8-5-16(6-9-19)12-20-23(30)28-25(32)29(24(20)31)18-7-10-21(26)22(27)13-18/h2-13H,14H2,1H3,(H,28,30,32)/b20-12+. The molecule has 0 bridgehead atoms. The molecular formula is C25H18Cl2N2O4. The lowest BCUT2D eigenvalue weighted by atomic mass is 10.1. The molecule has 1 heterocycles. The number of anilines is 1. The zero-order chi connectivity index (χ0) is 23.5. The van der Waals surface area contributed by atoms with Crippen molar-refractivity contribution in [2.24, 2.45) is 0 Å². The maximum Gasteiger partial charge on any atom is 0.335 e.